The monoisotopic (exact) mass is 413 g/mol. The maximum absolute atomic E-state index is 12.1. The first-order valence-corrected chi connectivity index (χ1v) is 8.53. The summed E-state index contributed by atoms with van der Waals surface area (Å²) in [5.41, 5.74) is 5.94. The molecule has 0 aliphatic heterocycles. The predicted octanol–water partition coefficient (Wildman–Crippen LogP) is 3.82. The van der Waals surface area contributed by atoms with Crippen LogP contribution >= 0.6 is 34.8 Å². The van der Waals surface area contributed by atoms with Crippen molar-refractivity contribution in [2.75, 3.05) is 6.61 Å². The molecule has 0 aliphatic carbocycles. The highest BCUT2D eigenvalue weighted by atomic mass is 35.5. The molecule has 0 unspecified atom stereocenters. The second-order valence-electron chi connectivity index (χ2n) is 4.87. The first-order valence-electron chi connectivity index (χ1n) is 7.39. The molecule has 1 heterocycles. The minimum absolute atomic E-state index is 0.0432. The predicted molar refractivity (Wildman–Crippen MR) is 104 cm³/mol. The quantitative estimate of drug-likeness (QED) is 0.458. The van der Waals surface area contributed by atoms with Crippen molar-refractivity contribution in [2.24, 2.45) is 10.7 Å². The second kappa shape index (κ2) is 8.89. The number of nitrogens with two attached hydrogens (primary N) is 1. The van der Waals surface area contributed by atoms with E-state index in [-0.39, 0.29) is 27.4 Å². The summed E-state index contributed by atoms with van der Waals surface area (Å²) < 4.78 is 6.19. The number of ether oxygens (including phenoxy) is 1. The largest absolute Gasteiger partial charge is 0.462 e. The van der Waals surface area contributed by atoms with E-state index in [1.54, 1.807) is 31.2 Å². The van der Waals surface area contributed by atoms with Gasteiger partial charge in [-0.25, -0.2) is 9.79 Å². The van der Waals surface area contributed by atoms with Crippen molar-refractivity contribution in [3.8, 4) is 5.69 Å². The van der Waals surface area contributed by atoms with Gasteiger partial charge in [-0.3, -0.25) is 9.36 Å². The Kier molecular flexibility index (Phi) is 6.85. The van der Waals surface area contributed by atoms with E-state index in [1.807, 2.05) is 0 Å². The lowest BCUT2D eigenvalue weighted by Crippen LogP contribution is -2.17. The highest BCUT2D eigenvalue weighted by molar-refractivity contribution is 6.72. The van der Waals surface area contributed by atoms with E-state index in [2.05, 4.69) is 4.99 Å². The number of aliphatic imine (C=N–C) groups is 1. The van der Waals surface area contributed by atoms with Crippen molar-refractivity contribution in [3.63, 3.8) is 0 Å². The van der Waals surface area contributed by atoms with Gasteiger partial charge in [0.25, 0.3) is 5.56 Å². The van der Waals surface area contributed by atoms with Gasteiger partial charge in [-0.1, -0.05) is 34.8 Å². The average Bonchev–Trinajstić information content (AvgIpc) is 2.61. The first-order chi connectivity index (χ1) is 12.4. The first kappa shape index (κ1) is 20.0. The number of nitrogens with zero attached hydrogens (tertiary/aromatic N) is 2. The number of halogens is 3. The van der Waals surface area contributed by atoms with E-state index in [1.165, 1.54) is 16.8 Å². The third kappa shape index (κ3) is 4.46. The Labute approximate surface area is 164 Å². The molecule has 136 valence electrons. The topological polar surface area (TPSA) is 86.7 Å². The number of aromatic nitrogens is 1. The van der Waals surface area contributed by atoms with Gasteiger partial charge in [0.15, 0.2) is 0 Å². The van der Waals surface area contributed by atoms with E-state index in [0.29, 0.717) is 11.4 Å². The van der Waals surface area contributed by atoms with Gasteiger partial charge < -0.3 is 10.5 Å². The summed E-state index contributed by atoms with van der Waals surface area (Å²) in [7, 11) is 0. The van der Waals surface area contributed by atoms with Crippen LogP contribution < -0.4 is 11.3 Å². The molecule has 2 N–H and O–H groups in total. The van der Waals surface area contributed by atoms with Crippen molar-refractivity contribution in [1.29, 1.82) is 0 Å². The molecule has 6 nitrogen and oxygen atoms in total. The van der Waals surface area contributed by atoms with Gasteiger partial charge in [0.05, 0.1) is 17.3 Å². The normalized spacial score (nSPS) is 12.2. The number of rotatable bonds is 5. The van der Waals surface area contributed by atoms with Gasteiger partial charge in [0.1, 0.15) is 15.8 Å². The maximum Gasteiger partial charge on any atom is 0.342 e. The molecule has 26 heavy (non-hydrogen) atoms. The lowest BCUT2D eigenvalue weighted by Gasteiger charge is -2.07. The van der Waals surface area contributed by atoms with Crippen molar-refractivity contribution < 1.29 is 9.53 Å². The van der Waals surface area contributed by atoms with Crippen molar-refractivity contribution >= 4 is 51.6 Å². The van der Waals surface area contributed by atoms with Crippen LogP contribution in [0.15, 0.2) is 58.1 Å². The van der Waals surface area contributed by atoms with Crippen LogP contribution in [0.1, 0.15) is 6.92 Å². The zero-order chi connectivity index (χ0) is 19.3. The number of esters is 1. The molecule has 9 heteroatoms. The molecule has 0 saturated heterocycles. The summed E-state index contributed by atoms with van der Waals surface area (Å²) in [6.45, 7) is 1.86. The van der Waals surface area contributed by atoms with E-state index in [9.17, 15) is 9.59 Å². The third-order valence-corrected chi connectivity index (χ3v) is 4.29. The van der Waals surface area contributed by atoms with Gasteiger partial charge in [-0.05, 0) is 37.3 Å². The second-order valence-corrected chi connectivity index (χ2v) is 6.02. The van der Waals surface area contributed by atoms with Crippen LogP contribution in [-0.4, -0.2) is 22.3 Å². The summed E-state index contributed by atoms with van der Waals surface area (Å²) in [4.78, 5) is 28.0. The van der Waals surface area contributed by atoms with Gasteiger partial charge in [0.2, 0.25) is 0 Å². The molecule has 0 saturated carbocycles. The molecule has 0 atom stereocenters. The van der Waals surface area contributed by atoms with Crippen molar-refractivity contribution in [2.45, 2.75) is 6.92 Å². The summed E-state index contributed by atoms with van der Waals surface area (Å²) in [6.07, 6.45) is 2.55. The molecular weight excluding hydrogens is 401 g/mol. The number of benzene rings is 1. The highest BCUT2D eigenvalue weighted by Gasteiger charge is 2.15. The lowest BCUT2D eigenvalue weighted by atomic mass is 10.2. The molecule has 2 rings (SSSR count). The average molecular weight is 415 g/mol. The summed E-state index contributed by atoms with van der Waals surface area (Å²) in [6, 6.07) is 8.04. The summed E-state index contributed by atoms with van der Waals surface area (Å²) >= 11 is 17.7. The Balaban J connectivity index is 2.31. The molecule has 0 fully saturated rings. The molecular formula is C17H14Cl3N3O3. The standard InChI is InChI=1S/C17H14Cl3N3O3/c1-2-26-17(25)12(9-21)15(20)22-10-3-5-11(6-4-10)23-8-7-13(18)14(19)16(23)24/h3-9H,2,21H2,1H3. The highest BCUT2D eigenvalue weighted by Crippen LogP contribution is 2.21. The number of carbonyl (C=O) groups excluding carboxylic acids is 1. The Morgan fingerprint density at radius 2 is 1.92 bits per heavy atom. The Morgan fingerprint density at radius 3 is 2.50 bits per heavy atom. The summed E-state index contributed by atoms with van der Waals surface area (Å²) in [5.74, 6) is -0.664. The lowest BCUT2D eigenvalue weighted by molar-refractivity contribution is -0.137. The molecule has 1 aromatic carbocycles. The third-order valence-electron chi connectivity index (χ3n) is 3.23. The Bertz CT molecular complexity index is 935. The van der Waals surface area contributed by atoms with Gasteiger partial charge in [0, 0.05) is 18.1 Å². The molecule has 0 bridgehead atoms. The van der Waals surface area contributed by atoms with Crippen LogP contribution in [0.25, 0.3) is 5.69 Å². The van der Waals surface area contributed by atoms with E-state index >= 15 is 0 Å². The van der Waals surface area contributed by atoms with Gasteiger partial charge in [-0.15, -0.1) is 0 Å². The SMILES string of the molecule is CCOC(=O)C(=CN)C(Cl)=Nc1ccc(-n2ccc(Cl)c(Cl)c2=O)cc1. The number of carbonyl (C=O) groups is 1. The molecule has 0 radical (unpaired) electrons. The molecule has 2 aromatic rings. The fourth-order valence-corrected chi connectivity index (χ4v) is 2.51. The van der Waals surface area contributed by atoms with Crippen LogP contribution in [0, 0.1) is 0 Å². The van der Waals surface area contributed by atoms with Crippen molar-refractivity contribution in [1.82, 2.24) is 4.57 Å². The van der Waals surface area contributed by atoms with Crippen LogP contribution in [-0.2, 0) is 9.53 Å². The molecule has 0 spiro atoms. The number of pyridine rings is 1. The van der Waals surface area contributed by atoms with Gasteiger partial charge in [-0.2, -0.15) is 0 Å². The molecule has 1 aromatic heterocycles. The number of hydrogen-bond acceptors (Lipinski definition) is 5. The van der Waals surface area contributed by atoms with Crippen LogP contribution in [0.2, 0.25) is 10.0 Å². The zero-order valence-electron chi connectivity index (χ0n) is 13.6. The van der Waals surface area contributed by atoms with Crippen LogP contribution in [0.5, 0.6) is 0 Å². The fourth-order valence-electron chi connectivity index (χ4n) is 1.98. The van der Waals surface area contributed by atoms with E-state index in [4.69, 9.17) is 45.3 Å². The van der Waals surface area contributed by atoms with Crippen LogP contribution in [0.3, 0.4) is 0 Å². The minimum Gasteiger partial charge on any atom is -0.462 e. The number of hydrogen-bond donors (Lipinski definition) is 1. The minimum atomic E-state index is -0.664. The Hall–Kier alpha value is -2.28. The smallest absolute Gasteiger partial charge is 0.342 e. The summed E-state index contributed by atoms with van der Waals surface area (Å²) in [5, 5.41) is 0.0119. The molecule has 0 aliphatic rings. The molecule has 0 amide bonds. The zero-order valence-corrected chi connectivity index (χ0v) is 15.8. The van der Waals surface area contributed by atoms with E-state index < -0.39 is 11.5 Å². The maximum atomic E-state index is 12.1. The Morgan fingerprint density at radius 1 is 1.27 bits per heavy atom. The van der Waals surface area contributed by atoms with Gasteiger partial charge >= 0.3 is 5.97 Å². The fraction of sp³-hybridized carbons (Fsp3) is 0.118. The van der Waals surface area contributed by atoms with Crippen LogP contribution in [0.4, 0.5) is 5.69 Å². The van der Waals surface area contributed by atoms with Crippen molar-refractivity contribution in [3.05, 3.63) is 68.7 Å². The van der Waals surface area contributed by atoms with E-state index in [0.717, 1.165) is 6.20 Å².